The maximum atomic E-state index is 11.0. The van der Waals surface area contributed by atoms with Gasteiger partial charge in [-0.3, -0.25) is 4.79 Å². The summed E-state index contributed by atoms with van der Waals surface area (Å²) in [5.74, 6) is 0.318. The van der Waals surface area contributed by atoms with Crippen LogP contribution in [-0.4, -0.2) is 34.2 Å². The van der Waals surface area contributed by atoms with E-state index in [9.17, 15) is 4.79 Å². The molecule has 0 aliphatic carbocycles. The topological polar surface area (TPSA) is 79.8 Å². The van der Waals surface area contributed by atoms with Gasteiger partial charge in [-0.1, -0.05) is 0 Å². The number of anilines is 1. The molecule has 1 rings (SSSR count). The van der Waals surface area contributed by atoms with Crippen molar-refractivity contribution in [2.24, 2.45) is 0 Å². The summed E-state index contributed by atoms with van der Waals surface area (Å²) >= 11 is 5.50. The van der Waals surface area contributed by atoms with Crippen LogP contribution in [0, 0.1) is 0 Å². The molecule has 0 aromatic carbocycles. The highest BCUT2D eigenvalue weighted by Gasteiger charge is 2.00. The molecule has 0 radical (unpaired) electrons. The van der Waals surface area contributed by atoms with Gasteiger partial charge in [0.2, 0.25) is 11.2 Å². The highest BCUT2D eigenvalue weighted by Crippen LogP contribution is 2.02. The summed E-state index contributed by atoms with van der Waals surface area (Å²) in [7, 11) is 0. The molecule has 0 aliphatic heterocycles. The number of likely N-dealkylation sites (N-methyl/N-ethyl adjacent to an activating group) is 1. The molecule has 0 spiro atoms. The Balaban J connectivity index is 2.41. The highest BCUT2D eigenvalue weighted by atomic mass is 35.5. The summed E-state index contributed by atoms with van der Waals surface area (Å²) in [5, 5.41) is 12.5. The molecule has 76 valence electrons. The lowest BCUT2D eigenvalue weighted by Gasteiger charge is -2.04. The van der Waals surface area contributed by atoms with E-state index in [-0.39, 0.29) is 17.7 Å². The summed E-state index contributed by atoms with van der Waals surface area (Å²) in [5.41, 5.74) is 0. The lowest BCUT2D eigenvalue weighted by Crippen LogP contribution is -2.29. The monoisotopic (exact) mass is 215 g/mol. The van der Waals surface area contributed by atoms with Crippen molar-refractivity contribution in [1.29, 1.82) is 0 Å². The molecular weight excluding hydrogens is 206 g/mol. The van der Waals surface area contributed by atoms with E-state index < -0.39 is 0 Å². The highest BCUT2D eigenvalue weighted by molar-refractivity contribution is 6.28. The van der Waals surface area contributed by atoms with Gasteiger partial charge in [-0.15, -0.1) is 5.10 Å². The average molecular weight is 216 g/mol. The third-order valence-corrected chi connectivity index (χ3v) is 1.50. The minimum absolute atomic E-state index is 0.0471. The Labute approximate surface area is 86.1 Å². The number of aromatic nitrogens is 3. The van der Waals surface area contributed by atoms with Crippen molar-refractivity contribution in [3.63, 3.8) is 0 Å². The van der Waals surface area contributed by atoms with Gasteiger partial charge < -0.3 is 10.6 Å². The molecule has 1 aromatic rings. The molecule has 7 heteroatoms. The summed E-state index contributed by atoms with van der Waals surface area (Å²) < 4.78 is 0. The van der Waals surface area contributed by atoms with E-state index in [0.717, 1.165) is 0 Å². The van der Waals surface area contributed by atoms with Gasteiger partial charge in [0, 0.05) is 6.54 Å². The first-order valence-electron chi connectivity index (χ1n) is 4.08. The number of hydrogen-bond donors (Lipinski definition) is 2. The minimum atomic E-state index is -0.109. The van der Waals surface area contributed by atoms with Gasteiger partial charge in [-0.25, -0.2) is 0 Å². The number of carbonyl (C=O) groups excluding carboxylic acids is 1. The number of amides is 1. The van der Waals surface area contributed by atoms with Crippen LogP contribution in [0.1, 0.15) is 6.92 Å². The molecule has 0 bridgehead atoms. The minimum Gasteiger partial charge on any atom is -0.360 e. The predicted octanol–water partition coefficient (Wildman–Crippen LogP) is 0.0730. The quantitative estimate of drug-likeness (QED) is 0.743. The smallest absolute Gasteiger partial charge is 0.244 e. The largest absolute Gasteiger partial charge is 0.360 e. The van der Waals surface area contributed by atoms with E-state index in [4.69, 9.17) is 11.6 Å². The molecule has 0 saturated carbocycles. The van der Waals surface area contributed by atoms with Crippen LogP contribution in [0.3, 0.4) is 0 Å². The molecule has 0 fully saturated rings. The van der Waals surface area contributed by atoms with Crippen LogP contribution in [0.2, 0.25) is 5.28 Å². The van der Waals surface area contributed by atoms with Crippen molar-refractivity contribution < 1.29 is 4.79 Å². The van der Waals surface area contributed by atoms with Crippen molar-refractivity contribution in [2.45, 2.75) is 6.92 Å². The lowest BCUT2D eigenvalue weighted by atomic mass is 10.5. The van der Waals surface area contributed by atoms with Crippen molar-refractivity contribution in [3.8, 4) is 0 Å². The van der Waals surface area contributed by atoms with Crippen LogP contribution in [0.15, 0.2) is 6.20 Å². The van der Waals surface area contributed by atoms with Crippen LogP contribution < -0.4 is 10.6 Å². The standard InChI is InChI=1S/C7H10ClN5O/c1-2-9-6(14)4-10-5-3-11-13-7(8)12-5/h3H,2,4H2,1H3,(H,9,14)(H,10,12,13). The molecule has 1 aromatic heterocycles. The van der Waals surface area contributed by atoms with Crippen molar-refractivity contribution >= 4 is 23.3 Å². The third-order valence-electron chi connectivity index (χ3n) is 1.34. The van der Waals surface area contributed by atoms with Gasteiger partial charge >= 0.3 is 0 Å². The van der Waals surface area contributed by atoms with E-state index >= 15 is 0 Å². The van der Waals surface area contributed by atoms with Gasteiger partial charge in [-0.2, -0.15) is 10.1 Å². The summed E-state index contributed by atoms with van der Waals surface area (Å²) in [6.07, 6.45) is 1.39. The molecule has 0 unspecified atom stereocenters. The fraction of sp³-hybridized carbons (Fsp3) is 0.429. The fourth-order valence-corrected chi connectivity index (χ4v) is 0.932. The number of nitrogens with one attached hydrogen (secondary N) is 2. The zero-order valence-electron chi connectivity index (χ0n) is 7.62. The SMILES string of the molecule is CCNC(=O)CNc1cnnc(Cl)n1. The molecule has 2 N–H and O–H groups in total. The van der Waals surface area contributed by atoms with Gasteiger partial charge in [0.05, 0.1) is 12.7 Å². The lowest BCUT2D eigenvalue weighted by molar-refractivity contribution is -0.119. The molecule has 6 nitrogen and oxygen atoms in total. The van der Waals surface area contributed by atoms with Crippen LogP contribution in [0.5, 0.6) is 0 Å². The molecule has 1 amide bonds. The second-order valence-corrected chi connectivity index (χ2v) is 2.76. The first-order valence-corrected chi connectivity index (χ1v) is 4.46. The number of hydrogen-bond acceptors (Lipinski definition) is 5. The van der Waals surface area contributed by atoms with Gasteiger partial charge in [0.15, 0.2) is 0 Å². The number of rotatable bonds is 4. The zero-order chi connectivity index (χ0) is 10.4. The predicted molar refractivity (Wildman–Crippen MR) is 52.0 cm³/mol. The second kappa shape index (κ2) is 5.33. The van der Waals surface area contributed by atoms with Crippen LogP contribution >= 0.6 is 11.6 Å². The molecule has 1 heterocycles. The van der Waals surface area contributed by atoms with Gasteiger partial charge in [-0.05, 0) is 18.5 Å². The van der Waals surface area contributed by atoms with Crippen LogP contribution in [0.25, 0.3) is 0 Å². The van der Waals surface area contributed by atoms with E-state index in [1.54, 1.807) is 0 Å². The van der Waals surface area contributed by atoms with Crippen LogP contribution in [-0.2, 0) is 4.79 Å². The first-order chi connectivity index (χ1) is 6.72. The Morgan fingerprint density at radius 3 is 3.07 bits per heavy atom. The molecule has 14 heavy (non-hydrogen) atoms. The number of halogens is 1. The van der Waals surface area contributed by atoms with E-state index in [1.165, 1.54) is 6.20 Å². The maximum Gasteiger partial charge on any atom is 0.244 e. The maximum absolute atomic E-state index is 11.0. The fourth-order valence-electron chi connectivity index (χ4n) is 0.797. The van der Waals surface area contributed by atoms with Crippen molar-refractivity contribution in [1.82, 2.24) is 20.5 Å². The molecule has 0 atom stereocenters. The number of carbonyl (C=O) groups is 1. The average Bonchev–Trinajstić information content (AvgIpc) is 2.15. The Kier molecular flexibility index (Phi) is 4.06. The van der Waals surface area contributed by atoms with E-state index in [1.807, 2.05) is 6.92 Å². The van der Waals surface area contributed by atoms with E-state index in [0.29, 0.717) is 12.4 Å². The Bertz CT molecular complexity index is 319. The summed E-state index contributed by atoms with van der Waals surface area (Å²) in [4.78, 5) is 14.8. The second-order valence-electron chi connectivity index (χ2n) is 2.42. The van der Waals surface area contributed by atoms with Gasteiger partial charge in [0.1, 0.15) is 5.82 Å². The van der Waals surface area contributed by atoms with Crippen molar-refractivity contribution in [3.05, 3.63) is 11.5 Å². The number of nitrogens with zero attached hydrogens (tertiary/aromatic N) is 3. The van der Waals surface area contributed by atoms with Crippen molar-refractivity contribution in [2.75, 3.05) is 18.4 Å². The summed E-state index contributed by atoms with van der Waals surface area (Å²) in [6.45, 7) is 2.59. The van der Waals surface area contributed by atoms with Gasteiger partial charge in [0.25, 0.3) is 0 Å². The Morgan fingerprint density at radius 2 is 2.43 bits per heavy atom. The van der Waals surface area contributed by atoms with E-state index in [2.05, 4.69) is 25.8 Å². The normalized spacial score (nSPS) is 9.57. The summed E-state index contributed by atoms with van der Waals surface area (Å²) in [6, 6.07) is 0. The van der Waals surface area contributed by atoms with Crippen LogP contribution in [0.4, 0.5) is 5.82 Å². The molecule has 0 saturated heterocycles. The molecular formula is C7H10ClN5O. The zero-order valence-corrected chi connectivity index (χ0v) is 8.38. The Morgan fingerprint density at radius 1 is 1.64 bits per heavy atom. The third kappa shape index (κ3) is 3.53. The first kappa shape index (κ1) is 10.6. The Hall–Kier alpha value is -1.43. The molecule has 0 aliphatic rings.